The van der Waals surface area contributed by atoms with Gasteiger partial charge in [0.2, 0.25) is 0 Å². The van der Waals surface area contributed by atoms with E-state index in [1.54, 1.807) is 0 Å². The second-order valence-corrected chi connectivity index (χ2v) is 8.99. The number of carbonyl (C=O) groups is 1. The van der Waals surface area contributed by atoms with Crippen molar-refractivity contribution in [1.29, 1.82) is 0 Å². The van der Waals surface area contributed by atoms with Gasteiger partial charge in [0.1, 0.15) is 5.76 Å². The zero-order valence-electron chi connectivity index (χ0n) is 19.1. The number of alkyl halides is 3. The Balaban J connectivity index is 1.71. The van der Waals surface area contributed by atoms with Gasteiger partial charge < -0.3 is 15.4 Å². The third-order valence-corrected chi connectivity index (χ3v) is 6.67. The first kappa shape index (κ1) is 23.4. The summed E-state index contributed by atoms with van der Waals surface area (Å²) in [5, 5.41) is 6.52. The highest BCUT2D eigenvalue weighted by atomic mass is 19.4. The molecule has 0 saturated carbocycles. The van der Waals surface area contributed by atoms with E-state index in [0.29, 0.717) is 28.9 Å². The van der Waals surface area contributed by atoms with E-state index in [9.17, 15) is 18.0 Å². The number of ether oxygens (including phenoxy) is 1. The third kappa shape index (κ3) is 4.78. The SMILES string of the molecule is COC1=CCC(C)C(C(=O)NC2=CC3=C(CNCC3)CC2C)=C1c1ccc(C(F)(F)F)cc1. The lowest BCUT2D eigenvalue weighted by molar-refractivity contribution is -0.137. The van der Waals surface area contributed by atoms with Crippen molar-refractivity contribution < 1.29 is 22.7 Å². The summed E-state index contributed by atoms with van der Waals surface area (Å²) < 4.78 is 44.7. The van der Waals surface area contributed by atoms with Crippen LogP contribution in [0.1, 0.15) is 44.2 Å². The van der Waals surface area contributed by atoms with Crippen molar-refractivity contribution in [3.63, 3.8) is 0 Å². The lowest BCUT2D eigenvalue weighted by Crippen LogP contribution is -2.35. The minimum Gasteiger partial charge on any atom is -0.496 e. The zero-order valence-corrected chi connectivity index (χ0v) is 19.1. The fraction of sp³-hybridized carbons (Fsp3) is 0.423. The Morgan fingerprint density at radius 3 is 2.55 bits per heavy atom. The average Bonchev–Trinajstić information content (AvgIpc) is 2.78. The normalized spacial score (nSPS) is 23.6. The van der Waals surface area contributed by atoms with Gasteiger partial charge in [-0.3, -0.25) is 4.79 Å². The van der Waals surface area contributed by atoms with Crippen LogP contribution in [0.4, 0.5) is 13.2 Å². The summed E-state index contributed by atoms with van der Waals surface area (Å²) in [7, 11) is 1.51. The molecule has 2 unspecified atom stereocenters. The number of hydrogen-bond donors (Lipinski definition) is 2. The first-order valence-corrected chi connectivity index (χ1v) is 11.3. The molecule has 2 atom stereocenters. The number of benzene rings is 1. The zero-order chi connectivity index (χ0) is 23.8. The Hall–Kier alpha value is -2.80. The maximum Gasteiger partial charge on any atom is 0.416 e. The van der Waals surface area contributed by atoms with Crippen LogP contribution in [0.15, 0.2) is 64.6 Å². The number of halogens is 3. The van der Waals surface area contributed by atoms with Crippen LogP contribution in [0.5, 0.6) is 0 Å². The van der Waals surface area contributed by atoms with Gasteiger partial charge in [-0.05, 0) is 67.1 Å². The lowest BCUT2D eigenvalue weighted by atomic mass is 9.82. The van der Waals surface area contributed by atoms with Crippen LogP contribution in [0.25, 0.3) is 5.57 Å². The molecule has 0 radical (unpaired) electrons. The first-order chi connectivity index (χ1) is 15.7. The minimum atomic E-state index is -4.42. The van der Waals surface area contributed by atoms with Crippen molar-refractivity contribution in [2.24, 2.45) is 11.8 Å². The van der Waals surface area contributed by atoms with Crippen LogP contribution < -0.4 is 10.6 Å². The maximum atomic E-state index is 13.6. The van der Waals surface area contributed by atoms with E-state index < -0.39 is 11.7 Å². The Morgan fingerprint density at radius 1 is 1.15 bits per heavy atom. The highest BCUT2D eigenvalue weighted by Gasteiger charge is 2.33. The molecular formula is C26H29F3N2O2. The molecule has 1 amide bonds. The summed E-state index contributed by atoms with van der Waals surface area (Å²) in [5.41, 5.74) is 4.46. The van der Waals surface area contributed by atoms with Gasteiger partial charge in [0, 0.05) is 29.3 Å². The largest absolute Gasteiger partial charge is 0.496 e. The topological polar surface area (TPSA) is 50.4 Å². The molecule has 2 aliphatic carbocycles. The molecule has 4 rings (SSSR count). The Morgan fingerprint density at radius 2 is 1.88 bits per heavy atom. The molecule has 0 fully saturated rings. The van der Waals surface area contributed by atoms with E-state index in [4.69, 9.17) is 4.74 Å². The summed E-state index contributed by atoms with van der Waals surface area (Å²) in [6.07, 6.45) is 2.03. The molecule has 0 aromatic heterocycles. The van der Waals surface area contributed by atoms with Crippen molar-refractivity contribution in [1.82, 2.24) is 10.6 Å². The summed E-state index contributed by atoms with van der Waals surface area (Å²) in [6.45, 7) is 5.86. The van der Waals surface area contributed by atoms with Crippen LogP contribution in [0.2, 0.25) is 0 Å². The predicted octanol–water partition coefficient (Wildman–Crippen LogP) is 5.36. The quantitative estimate of drug-likeness (QED) is 0.639. The molecule has 4 nitrogen and oxygen atoms in total. The predicted molar refractivity (Wildman–Crippen MR) is 122 cm³/mol. The number of amides is 1. The van der Waals surface area contributed by atoms with Crippen LogP contribution in [-0.2, 0) is 15.7 Å². The van der Waals surface area contributed by atoms with Crippen LogP contribution in [0, 0.1) is 11.8 Å². The fourth-order valence-electron chi connectivity index (χ4n) is 4.83. The van der Waals surface area contributed by atoms with E-state index in [1.165, 1.54) is 30.4 Å². The number of allylic oxidation sites excluding steroid dienone is 4. The molecule has 1 aliphatic heterocycles. The highest BCUT2D eigenvalue weighted by Crippen LogP contribution is 2.39. The van der Waals surface area contributed by atoms with Gasteiger partial charge in [0.25, 0.3) is 5.91 Å². The molecule has 1 aromatic carbocycles. The number of methoxy groups -OCH3 is 1. The van der Waals surface area contributed by atoms with Gasteiger partial charge in [0.15, 0.2) is 0 Å². The van der Waals surface area contributed by atoms with Gasteiger partial charge in [-0.2, -0.15) is 13.2 Å². The van der Waals surface area contributed by atoms with Gasteiger partial charge in [0.05, 0.1) is 12.7 Å². The molecule has 0 saturated heterocycles. The Bertz CT molecular complexity index is 1060. The number of rotatable bonds is 4. The monoisotopic (exact) mass is 458 g/mol. The molecule has 176 valence electrons. The van der Waals surface area contributed by atoms with E-state index in [2.05, 4.69) is 23.6 Å². The number of nitrogens with one attached hydrogen (secondary N) is 2. The first-order valence-electron chi connectivity index (χ1n) is 11.3. The van der Waals surface area contributed by atoms with E-state index in [1.807, 2.05) is 13.0 Å². The molecule has 7 heteroatoms. The van der Waals surface area contributed by atoms with Crippen molar-refractivity contribution in [2.45, 2.75) is 39.3 Å². The average molecular weight is 459 g/mol. The van der Waals surface area contributed by atoms with Gasteiger partial charge in [-0.25, -0.2) is 0 Å². The molecule has 2 N–H and O–H groups in total. The van der Waals surface area contributed by atoms with Gasteiger partial charge in [-0.1, -0.05) is 31.6 Å². The summed E-state index contributed by atoms with van der Waals surface area (Å²) in [6, 6.07) is 4.90. The van der Waals surface area contributed by atoms with E-state index >= 15 is 0 Å². The Labute approximate surface area is 192 Å². The standard InChI is InChI=1S/C26H29F3N2O2/c1-15-4-9-22(33-3)24(17-5-7-20(8-6-17)26(27,28)29)23(15)25(32)31-21-13-18-10-11-30-14-19(18)12-16(21)2/h5-9,13,15-16,30H,4,10-12,14H2,1-3H3,(H,31,32). The van der Waals surface area contributed by atoms with E-state index in [0.717, 1.165) is 43.8 Å². The fourth-order valence-corrected chi connectivity index (χ4v) is 4.83. The number of hydrogen-bond acceptors (Lipinski definition) is 3. The summed E-state index contributed by atoms with van der Waals surface area (Å²) >= 11 is 0. The van der Waals surface area contributed by atoms with Crippen molar-refractivity contribution in [2.75, 3.05) is 20.2 Å². The second kappa shape index (κ2) is 9.21. The van der Waals surface area contributed by atoms with Crippen molar-refractivity contribution in [3.05, 3.63) is 75.7 Å². The van der Waals surface area contributed by atoms with Crippen LogP contribution in [-0.4, -0.2) is 26.1 Å². The smallest absolute Gasteiger partial charge is 0.416 e. The third-order valence-electron chi connectivity index (χ3n) is 6.67. The molecular weight excluding hydrogens is 429 g/mol. The molecule has 3 aliphatic rings. The summed E-state index contributed by atoms with van der Waals surface area (Å²) in [5.74, 6) is 0.358. The molecule has 33 heavy (non-hydrogen) atoms. The van der Waals surface area contributed by atoms with Crippen molar-refractivity contribution >= 4 is 11.5 Å². The second-order valence-electron chi connectivity index (χ2n) is 8.99. The van der Waals surface area contributed by atoms with Gasteiger partial charge >= 0.3 is 6.18 Å². The highest BCUT2D eigenvalue weighted by molar-refractivity contribution is 6.05. The number of carbonyl (C=O) groups excluding carboxylic acids is 1. The van der Waals surface area contributed by atoms with Crippen LogP contribution >= 0.6 is 0 Å². The Kier molecular flexibility index (Phi) is 6.52. The summed E-state index contributed by atoms with van der Waals surface area (Å²) in [4.78, 5) is 13.6. The van der Waals surface area contributed by atoms with E-state index in [-0.39, 0.29) is 17.7 Å². The van der Waals surface area contributed by atoms with Crippen LogP contribution in [0.3, 0.4) is 0 Å². The maximum absolute atomic E-state index is 13.6. The molecule has 0 spiro atoms. The van der Waals surface area contributed by atoms with Gasteiger partial charge in [-0.15, -0.1) is 0 Å². The lowest BCUT2D eigenvalue weighted by Gasteiger charge is -2.31. The van der Waals surface area contributed by atoms with Crippen molar-refractivity contribution in [3.8, 4) is 0 Å². The minimum absolute atomic E-state index is 0.102. The molecule has 1 aromatic rings. The molecule has 0 bridgehead atoms. The molecule has 1 heterocycles.